The van der Waals surface area contributed by atoms with Crippen molar-refractivity contribution in [2.75, 3.05) is 60.5 Å². The number of carbonyl (C=O) groups excluding carboxylic acids is 9. The molecule has 5 aliphatic heterocycles. The molecule has 17 rings (SSSR count). The molecule has 17 heterocycles. The van der Waals surface area contributed by atoms with Gasteiger partial charge in [-0.25, -0.2) is 24.7 Å². The average molecular weight is 1740 g/mol. The molecule has 39 nitrogen and oxygen atoms in total. The average Bonchev–Trinajstić information content (AvgIpc) is 1.67. The van der Waals surface area contributed by atoms with Crippen LogP contribution in [0.2, 0.25) is 0 Å². The van der Waals surface area contributed by atoms with E-state index >= 15 is 0 Å². The first kappa shape index (κ1) is 88.8. The zero-order chi connectivity index (χ0) is 89.6. The number of hydrogen-bond donors (Lipinski definition) is 8. The zero-order valence-corrected chi connectivity index (χ0v) is 71.9. The molecule has 0 aromatic carbocycles. The van der Waals surface area contributed by atoms with Crippen LogP contribution in [0.5, 0.6) is 0 Å². The molecule has 12 aromatic heterocycles. The molecule has 5 aliphatic rings. The SMILES string of the molecule is CC(C)(C)OC(=O)N1CCC(n2cc3c(n2)C(=O)NCCCCCCn2cc(cn2)-c2cccc(n2)C(=O)N3)CC1.Cn1cc2c(n1)C(=O)NCC/C=C/CCn1cc(cn1)-c1cccc(n1)C(=O)N2.Cn1cc2c(n1)C(=O)NCC/C=C\CCn1cc(cn1)-c1cccc(n1)C(=O)N2.Cn1cc2c(n1)C(=O)NCCC/C=C/Cn1cc(cn1)-c1cccc(n1)C(=O)N2. The number of rotatable bonds is 1. The van der Waals surface area contributed by atoms with Gasteiger partial charge in [0, 0.05) is 152 Å². The number of piperidine rings is 1. The fourth-order valence-electron chi connectivity index (χ4n) is 14.2. The molecule has 1 saturated heterocycles. The lowest BCUT2D eigenvalue weighted by atomic mass is 10.1. The number of aryl methyl sites for hydroxylation is 6. The second-order valence-electron chi connectivity index (χ2n) is 31.8. The number of ether oxygens (including phenoxy) is 1. The third-order valence-corrected chi connectivity index (χ3v) is 20.7. The Kier molecular flexibility index (Phi) is 29.0. The molecule has 0 aliphatic carbocycles. The van der Waals surface area contributed by atoms with Crippen molar-refractivity contribution in [1.82, 2.24) is 124 Å². The van der Waals surface area contributed by atoms with E-state index in [1.165, 1.54) is 14.0 Å². The lowest BCUT2D eigenvalue weighted by Gasteiger charge is -2.33. The Bertz CT molecular complexity index is 5920. The van der Waals surface area contributed by atoms with Gasteiger partial charge in [-0.15, -0.1) is 0 Å². The Labute approximate surface area is 736 Å². The number of nitrogens with one attached hydrogen (secondary N) is 8. The molecule has 0 spiro atoms. The van der Waals surface area contributed by atoms with E-state index in [9.17, 15) is 43.2 Å². The second-order valence-corrected chi connectivity index (χ2v) is 31.8. The van der Waals surface area contributed by atoms with E-state index in [-0.39, 0.29) is 81.3 Å². The van der Waals surface area contributed by atoms with Gasteiger partial charge in [0.1, 0.15) is 28.4 Å². The summed E-state index contributed by atoms with van der Waals surface area (Å²) in [7, 11) is 5.09. The maximum atomic E-state index is 13.3. The summed E-state index contributed by atoms with van der Waals surface area (Å²) in [6.45, 7) is 11.5. The number of pyridine rings is 4. The van der Waals surface area contributed by atoms with Gasteiger partial charge in [-0.05, 0) is 134 Å². The highest BCUT2D eigenvalue weighted by Gasteiger charge is 2.31. The van der Waals surface area contributed by atoms with E-state index in [2.05, 4.69) is 121 Å². The molecule has 9 amide bonds. The molecule has 128 heavy (non-hydrogen) atoms. The molecule has 0 radical (unpaired) electrons. The van der Waals surface area contributed by atoms with E-state index in [1.807, 2.05) is 107 Å². The number of fused-ring (bicyclic) bond motifs is 24. The maximum absolute atomic E-state index is 13.3. The number of carbonyl (C=O) groups is 9. The molecule has 39 heteroatoms. The van der Waals surface area contributed by atoms with Crippen LogP contribution in [0, 0.1) is 0 Å². The highest BCUT2D eigenvalue weighted by molar-refractivity contribution is 6.10. The minimum atomic E-state index is -0.558. The molecule has 1 fully saturated rings. The number of amides is 9. The first-order valence-electron chi connectivity index (χ1n) is 42.5. The summed E-state index contributed by atoms with van der Waals surface area (Å²) in [5.41, 5.74) is 8.38. The van der Waals surface area contributed by atoms with Gasteiger partial charge in [-0.3, -0.25) is 75.8 Å². The summed E-state index contributed by atoms with van der Waals surface area (Å²) in [5.74, 6) is -3.00. The highest BCUT2D eigenvalue weighted by Crippen LogP contribution is 2.30. The first-order chi connectivity index (χ1) is 62.0. The van der Waals surface area contributed by atoms with E-state index in [4.69, 9.17) is 4.74 Å². The third-order valence-electron chi connectivity index (χ3n) is 20.7. The van der Waals surface area contributed by atoms with Gasteiger partial charge in [0.15, 0.2) is 22.8 Å². The lowest BCUT2D eigenvalue weighted by Crippen LogP contribution is -2.42. The molecule has 662 valence electrons. The van der Waals surface area contributed by atoms with Crippen molar-refractivity contribution in [3.63, 3.8) is 0 Å². The molecular formula is C89H101N29O10. The van der Waals surface area contributed by atoms with Crippen LogP contribution in [-0.2, 0) is 52.1 Å². The Morgan fingerprint density at radius 1 is 0.352 bits per heavy atom. The van der Waals surface area contributed by atoms with Gasteiger partial charge in [0.05, 0.1) is 82.9 Å². The van der Waals surface area contributed by atoms with Crippen LogP contribution in [-0.4, -0.2) is 201 Å². The lowest BCUT2D eigenvalue weighted by molar-refractivity contribution is 0.0184. The minimum absolute atomic E-state index is 0.0366. The van der Waals surface area contributed by atoms with Crippen LogP contribution in [0.3, 0.4) is 0 Å². The van der Waals surface area contributed by atoms with Crippen molar-refractivity contribution < 1.29 is 47.9 Å². The van der Waals surface area contributed by atoms with Crippen molar-refractivity contribution >= 4 is 76.1 Å². The monoisotopic (exact) mass is 1740 g/mol. The second kappa shape index (κ2) is 41.8. The molecule has 12 aromatic rings. The summed E-state index contributed by atoms with van der Waals surface area (Å²) in [4.78, 5) is 134. The molecule has 0 atom stereocenters. The van der Waals surface area contributed by atoms with Gasteiger partial charge in [0.2, 0.25) is 0 Å². The predicted molar refractivity (Wildman–Crippen MR) is 474 cm³/mol. The summed E-state index contributed by atoms with van der Waals surface area (Å²) >= 11 is 0. The van der Waals surface area contributed by atoms with Gasteiger partial charge in [-0.2, -0.15) is 40.8 Å². The summed E-state index contributed by atoms with van der Waals surface area (Å²) in [6, 6.07) is 20.9. The minimum Gasteiger partial charge on any atom is -0.444 e. The van der Waals surface area contributed by atoms with Gasteiger partial charge < -0.3 is 52.2 Å². The maximum Gasteiger partial charge on any atom is 0.410 e. The Hall–Kier alpha value is -15.5. The zero-order valence-electron chi connectivity index (χ0n) is 71.9. The summed E-state index contributed by atoms with van der Waals surface area (Å²) < 4.78 is 19.1. The number of anilines is 4. The highest BCUT2D eigenvalue weighted by atomic mass is 16.6. The van der Waals surface area contributed by atoms with Crippen molar-refractivity contribution in [3.05, 3.63) is 229 Å². The Balaban J connectivity index is 0.000000140. The van der Waals surface area contributed by atoms with E-state index in [0.717, 1.165) is 93.3 Å². The number of likely N-dealkylation sites (tertiary alicyclic amines) is 1. The van der Waals surface area contributed by atoms with Gasteiger partial charge in [0.25, 0.3) is 47.3 Å². The fourth-order valence-corrected chi connectivity index (χ4v) is 14.2. The quantitative estimate of drug-likeness (QED) is 0.0708. The summed E-state index contributed by atoms with van der Waals surface area (Å²) in [5, 5.41) is 57.2. The number of allylic oxidation sites excluding steroid dienone is 4. The standard InChI is InChI=1S/C29H38N8O4.3C20H21N7O2/c1-29(2,3)41-28(40)35-15-11-21(12-16-35)37-19-24-25(34-37)27(39)30-13-6-4-5-7-14-36-18-20(17-31-36)22-9-8-10-23(32-22)26(38)33-24;3*1-26-13-17-18(25-26)20(29)21-9-4-2-3-5-10-27-12-14(11-22-27)15-7-6-8-16(23-15)19(28)24-17/h8-10,17-19,21H,4-7,11-16H2,1-3H3,(H,30,39)(H,33,38);3,5-8,11-13H,2,4,9-10H2,1H3,(H,21,29)(H,24,28);2*2-3,6-8,11-13H,4-5,9-10H2,1H3,(H,21,29)(H,24,28)/b;5-3+;3-2+;3-2-. The molecule has 8 N–H and O–H groups in total. The van der Waals surface area contributed by atoms with Crippen LogP contribution in [0.25, 0.3) is 45.0 Å². The van der Waals surface area contributed by atoms with Crippen LogP contribution in [0.4, 0.5) is 27.5 Å². The number of nitrogens with zero attached hydrogens (tertiary/aromatic N) is 21. The van der Waals surface area contributed by atoms with Gasteiger partial charge in [-0.1, -0.05) is 73.6 Å². The number of aromatic nitrogens is 20. The van der Waals surface area contributed by atoms with Crippen LogP contribution in [0.15, 0.2) is 184 Å². The smallest absolute Gasteiger partial charge is 0.410 e. The predicted octanol–water partition coefficient (Wildman–Crippen LogP) is 10.3. The molecular weight excluding hydrogens is 1640 g/mol. The van der Waals surface area contributed by atoms with Gasteiger partial charge >= 0.3 is 6.09 Å². The van der Waals surface area contributed by atoms with Crippen LogP contribution >= 0.6 is 0 Å². The van der Waals surface area contributed by atoms with Crippen LogP contribution < -0.4 is 42.5 Å². The topological polar surface area (TPSA) is 456 Å². The fraction of sp³-hybridized carbons (Fsp3) is 0.337. The Morgan fingerprint density at radius 3 is 1.12 bits per heavy atom. The third kappa shape index (κ3) is 23.9. The molecule has 16 bridgehead atoms. The van der Waals surface area contributed by atoms with Crippen molar-refractivity contribution in [2.24, 2.45) is 21.1 Å². The summed E-state index contributed by atoms with van der Waals surface area (Å²) in [6.07, 6.45) is 42.9. The first-order valence-corrected chi connectivity index (χ1v) is 42.5. The van der Waals surface area contributed by atoms with E-state index < -0.39 is 29.2 Å². The van der Waals surface area contributed by atoms with E-state index in [1.54, 1.807) is 129 Å². The molecule has 0 unspecified atom stereocenters. The van der Waals surface area contributed by atoms with E-state index in [0.29, 0.717) is 117 Å². The van der Waals surface area contributed by atoms with Crippen molar-refractivity contribution in [2.45, 2.75) is 136 Å². The van der Waals surface area contributed by atoms with Crippen LogP contribution in [0.1, 0.15) is 188 Å². The molecule has 0 saturated carbocycles. The normalized spacial score (nSPS) is 16.6. The van der Waals surface area contributed by atoms with Crippen molar-refractivity contribution in [1.29, 1.82) is 0 Å². The largest absolute Gasteiger partial charge is 0.444 e. The Morgan fingerprint density at radius 2 is 0.695 bits per heavy atom. The number of hydrogen-bond acceptors (Lipinski definition) is 22. The van der Waals surface area contributed by atoms with Crippen molar-refractivity contribution in [3.8, 4) is 45.0 Å².